The van der Waals surface area contributed by atoms with E-state index in [0.29, 0.717) is 12.1 Å². The summed E-state index contributed by atoms with van der Waals surface area (Å²) in [6.45, 7) is 2.50. The monoisotopic (exact) mass is 267 g/mol. The first kappa shape index (κ1) is 14.9. The van der Waals surface area contributed by atoms with Gasteiger partial charge in [0.2, 0.25) is 0 Å². The summed E-state index contributed by atoms with van der Waals surface area (Å²) >= 11 is 1.85. The average molecular weight is 267 g/mol. The van der Waals surface area contributed by atoms with Crippen LogP contribution in [0.4, 0.5) is 0 Å². The summed E-state index contributed by atoms with van der Waals surface area (Å²) in [7, 11) is 0. The van der Waals surface area contributed by atoms with Crippen LogP contribution in [0.1, 0.15) is 35.2 Å². The number of carbonyl (C=O) groups excluding carboxylic acids is 1. The van der Waals surface area contributed by atoms with Gasteiger partial charge in [0.05, 0.1) is 0 Å². The number of aryl methyl sites for hydroxylation is 1. The molecule has 100 valence electrons. The van der Waals surface area contributed by atoms with Crippen molar-refractivity contribution in [3.8, 4) is 5.75 Å². The number of phenols is 1. The Morgan fingerprint density at radius 1 is 1.33 bits per heavy atom. The fourth-order valence-electron chi connectivity index (χ4n) is 1.60. The highest BCUT2D eigenvalue weighted by molar-refractivity contribution is 7.98. The Bertz CT molecular complexity index is 393. The summed E-state index contributed by atoms with van der Waals surface area (Å²) in [6, 6.07) is 5.00. The lowest BCUT2D eigenvalue weighted by Gasteiger charge is -2.06. The van der Waals surface area contributed by atoms with Crippen LogP contribution in [0.15, 0.2) is 18.2 Å². The van der Waals surface area contributed by atoms with Crippen LogP contribution in [0.5, 0.6) is 5.75 Å². The van der Waals surface area contributed by atoms with Crippen LogP contribution in [0.2, 0.25) is 0 Å². The normalized spacial score (nSPS) is 10.3. The van der Waals surface area contributed by atoms with E-state index in [2.05, 4.69) is 11.6 Å². The summed E-state index contributed by atoms with van der Waals surface area (Å²) in [4.78, 5) is 11.8. The first-order valence-electron chi connectivity index (χ1n) is 6.22. The van der Waals surface area contributed by atoms with Crippen LogP contribution >= 0.6 is 11.8 Å². The van der Waals surface area contributed by atoms with Crippen molar-refractivity contribution in [3.63, 3.8) is 0 Å². The summed E-state index contributed by atoms with van der Waals surface area (Å²) in [5, 5.41) is 12.4. The predicted molar refractivity (Wildman–Crippen MR) is 77.4 cm³/mol. The molecule has 1 aromatic rings. The average Bonchev–Trinajstić information content (AvgIpc) is 2.36. The maximum atomic E-state index is 11.8. The largest absolute Gasteiger partial charge is 0.508 e. The fourth-order valence-corrected chi connectivity index (χ4v) is 2.10. The molecule has 1 amide bonds. The molecule has 0 bridgehead atoms. The molecule has 4 heteroatoms. The topological polar surface area (TPSA) is 49.3 Å². The van der Waals surface area contributed by atoms with Crippen molar-refractivity contribution >= 4 is 17.7 Å². The lowest BCUT2D eigenvalue weighted by atomic mass is 10.1. The van der Waals surface area contributed by atoms with Crippen LogP contribution in [-0.2, 0) is 0 Å². The minimum atomic E-state index is -0.116. The van der Waals surface area contributed by atoms with Crippen LogP contribution in [0.3, 0.4) is 0 Å². The predicted octanol–water partition coefficient (Wildman–Crippen LogP) is 2.96. The molecule has 0 atom stereocenters. The van der Waals surface area contributed by atoms with E-state index < -0.39 is 0 Å². The minimum absolute atomic E-state index is 0.116. The van der Waals surface area contributed by atoms with Crippen LogP contribution in [0, 0.1) is 6.92 Å². The van der Waals surface area contributed by atoms with Gasteiger partial charge < -0.3 is 10.4 Å². The molecular weight excluding hydrogens is 246 g/mol. The molecule has 0 aliphatic heterocycles. The lowest BCUT2D eigenvalue weighted by Crippen LogP contribution is -2.24. The van der Waals surface area contributed by atoms with Crippen molar-refractivity contribution in [2.45, 2.75) is 26.2 Å². The quantitative estimate of drug-likeness (QED) is 0.747. The Morgan fingerprint density at radius 2 is 2.11 bits per heavy atom. The van der Waals surface area contributed by atoms with Crippen molar-refractivity contribution in [3.05, 3.63) is 29.3 Å². The molecule has 0 saturated heterocycles. The maximum absolute atomic E-state index is 11.8. The van der Waals surface area contributed by atoms with Gasteiger partial charge in [0.15, 0.2) is 0 Å². The molecule has 0 aromatic heterocycles. The first-order chi connectivity index (χ1) is 8.65. The van der Waals surface area contributed by atoms with Crippen LogP contribution in [-0.4, -0.2) is 29.6 Å². The number of unbranched alkanes of at least 4 members (excludes halogenated alkanes) is 2. The van der Waals surface area contributed by atoms with Gasteiger partial charge >= 0.3 is 0 Å². The zero-order valence-electron chi connectivity index (χ0n) is 11.0. The van der Waals surface area contributed by atoms with Gasteiger partial charge in [-0.3, -0.25) is 4.79 Å². The van der Waals surface area contributed by atoms with Gasteiger partial charge in [-0.05, 0) is 49.5 Å². The van der Waals surface area contributed by atoms with E-state index in [1.807, 2.05) is 18.7 Å². The second-order valence-electron chi connectivity index (χ2n) is 4.31. The number of aromatic hydroxyl groups is 1. The maximum Gasteiger partial charge on any atom is 0.251 e. The number of carbonyl (C=O) groups is 1. The Kier molecular flexibility index (Phi) is 6.65. The van der Waals surface area contributed by atoms with E-state index >= 15 is 0 Å². The number of hydrogen-bond acceptors (Lipinski definition) is 3. The van der Waals surface area contributed by atoms with E-state index in [4.69, 9.17) is 0 Å². The number of thioether (sulfide) groups is 1. The van der Waals surface area contributed by atoms with E-state index in [1.165, 1.54) is 18.2 Å². The molecule has 0 fully saturated rings. The number of benzene rings is 1. The minimum Gasteiger partial charge on any atom is -0.508 e. The van der Waals surface area contributed by atoms with Crippen molar-refractivity contribution < 1.29 is 9.90 Å². The van der Waals surface area contributed by atoms with Crippen LogP contribution in [0.25, 0.3) is 0 Å². The molecule has 0 aliphatic carbocycles. The number of phenolic OH excluding ortho intramolecular Hbond substituents is 1. The van der Waals surface area contributed by atoms with Gasteiger partial charge in [-0.25, -0.2) is 0 Å². The smallest absolute Gasteiger partial charge is 0.251 e. The van der Waals surface area contributed by atoms with Gasteiger partial charge in [0.1, 0.15) is 5.75 Å². The van der Waals surface area contributed by atoms with Gasteiger partial charge in [-0.2, -0.15) is 11.8 Å². The van der Waals surface area contributed by atoms with Crippen molar-refractivity contribution in [1.82, 2.24) is 5.32 Å². The Balaban J connectivity index is 2.30. The van der Waals surface area contributed by atoms with Gasteiger partial charge in [-0.15, -0.1) is 0 Å². The van der Waals surface area contributed by atoms with E-state index in [1.54, 1.807) is 12.1 Å². The summed E-state index contributed by atoms with van der Waals surface area (Å²) in [5.41, 5.74) is 1.30. The van der Waals surface area contributed by atoms with E-state index in [9.17, 15) is 9.90 Å². The highest BCUT2D eigenvalue weighted by Crippen LogP contribution is 2.17. The molecule has 3 nitrogen and oxygen atoms in total. The third kappa shape index (κ3) is 5.00. The summed E-state index contributed by atoms with van der Waals surface area (Å²) < 4.78 is 0. The zero-order chi connectivity index (χ0) is 13.4. The molecular formula is C14H21NO2S. The summed E-state index contributed by atoms with van der Waals surface area (Å²) in [6.07, 6.45) is 5.44. The third-order valence-electron chi connectivity index (χ3n) is 2.78. The number of amides is 1. The molecule has 1 rings (SSSR count). The number of nitrogens with one attached hydrogen (secondary N) is 1. The van der Waals surface area contributed by atoms with Crippen LogP contribution < -0.4 is 5.32 Å². The Morgan fingerprint density at radius 3 is 2.78 bits per heavy atom. The second kappa shape index (κ2) is 8.03. The number of rotatable bonds is 7. The molecule has 0 spiro atoms. The molecule has 0 unspecified atom stereocenters. The van der Waals surface area contributed by atoms with Crippen molar-refractivity contribution in [2.24, 2.45) is 0 Å². The van der Waals surface area contributed by atoms with E-state index in [0.717, 1.165) is 18.4 Å². The molecule has 0 saturated carbocycles. The molecule has 18 heavy (non-hydrogen) atoms. The van der Waals surface area contributed by atoms with Crippen molar-refractivity contribution in [1.29, 1.82) is 0 Å². The molecule has 0 radical (unpaired) electrons. The van der Waals surface area contributed by atoms with Gasteiger partial charge in [0.25, 0.3) is 5.91 Å². The molecule has 1 aromatic carbocycles. The highest BCUT2D eigenvalue weighted by Gasteiger charge is 2.06. The SMILES string of the molecule is CSCCCCCNC(=O)c1ccc(C)c(O)c1. The zero-order valence-corrected chi connectivity index (χ0v) is 11.8. The standard InChI is InChI=1S/C14H21NO2S/c1-11-6-7-12(10-13(11)16)14(17)15-8-4-3-5-9-18-2/h6-7,10,16H,3-5,8-9H2,1-2H3,(H,15,17). The first-order valence-corrected chi connectivity index (χ1v) is 7.61. The molecule has 0 heterocycles. The number of hydrogen-bond donors (Lipinski definition) is 2. The molecule has 2 N–H and O–H groups in total. The van der Waals surface area contributed by atoms with Gasteiger partial charge in [-0.1, -0.05) is 12.5 Å². The van der Waals surface area contributed by atoms with Crippen molar-refractivity contribution in [2.75, 3.05) is 18.6 Å². The Hall–Kier alpha value is -1.16. The third-order valence-corrected chi connectivity index (χ3v) is 3.48. The highest BCUT2D eigenvalue weighted by atomic mass is 32.2. The Labute approximate surface area is 113 Å². The summed E-state index contributed by atoms with van der Waals surface area (Å²) in [5.74, 6) is 1.23. The molecule has 0 aliphatic rings. The van der Waals surface area contributed by atoms with Gasteiger partial charge in [0, 0.05) is 12.1 Å². The lowest BCUT2D eigenvalue weighted by molar-refractivity contribution is 0.0952. The second-order valence-corrected chi connectivity index (χ2v) is 5.30. The van der Waals surface area contributed by atoms with E-state index in [-0.39, 0.29) is 11.7 Å². The fraction of sp³-hybridized carbons (Fsp3) is 0.500.